The predicted octanol–water partition coefficient (Wildman–Crippen LogP) is 2.61. The van der Waals surface area contributed by atoms with Crippen LogP contribution in [0, 0.1) is 0 Å². The van der Waals surface area contributed by atoms with Crippen molar-refractivity contribution >= 4 is 22.4 Å². The molecule has 2 aromatic carbocycles. The van der Waals surface area contributed by atoms with Gasteiger partial charge in [0.2, 0.25) is 0 Å². The highest BCUT2D eigenvalue weighted by molar-refractivity contribution is 6.33. The number of phenols is 3. The van der Waals surface area contributed by atoms with Crippen LogP contribution in [0.3, 0.4) is 0 Å². The Labute approximate surface area is 84.8 Å². The summed E-state index contributed by atoms with van der Waals surface area (Å²) in [5.74, 6) is -0.386. The lowest BCUT2D eigenvalue weighted by atomic mass is 10.1. The molecule has 4 heteroatoms. The van der Waals surface area contributed by atoms with E-state index in [1.54, 1.807) is 12.1 Å². The van der Waals surface area contributed by atoms with Crippen molar-refractivity contribution < 1.29 is 15.3 Å². The third kappa shape index (κ3) is 1.14. The van der Waals surface area contributed by atoms with E-state index in [-0.39, 0.29) is 27.7 Å². The van der Waals surface area contributed by atoms with E-state index in [1.807, 2.05) is 0 Å². The fraction of sp³-hybridized carbons (Fsp3) is 0. The maximum absolute atomic E-state index is 9.55. The van der Waals surface area contributed by atoms with Crippen LogP contribution in [-0.2, 0) is 0 Å². The molecule has 14 heavy (non-hydrogen) atoms. The van der Waals surface area contributed by atoms with Crippen molar-refractivity contribution in [3.8, 4) is 17.2 Å². The molecule has 0 saturated heterocycles. The molecule has 0 heterocycles. The van der Waals surface area contributed by atoms with Crippen LogP contribution >= 0.6 is 11.6 Å². The molecular weight excluding hydrogens is 204 g/mol. The van der Waals surface area contributed by atoms with E-state index < -0.39 is 0 Å². The van der Waals surface area contributed by atoms with Crippen LogP contribution in [0.1, 0.15) is 0 Å². The minimum atomic E-state index is -0.152. The molecular formula is C10H7ClO3. The Hall–Kier alpha value is -1.61. The number of hydrogen-bond donors (Lipinski definition) is 3. The standard InChI is InChI=1S/C10H7ClO3/c11-6-4-8(13)9-5(10(6)14)2-1-3-7(9)12/h1-4,12-14H. The Balaban J connectivity index is 3.02. The van der Waals surface area contributed by atoms with Gasteiger partial charge in [-0.2, -0.15) is 0 Å². The van der Waals surface area contributed by atoms with Gasteiger partial charge in [0.15, 0.2) is 0 Å². The molecule has 0 aliphatic carbocycles. The third-order valence-electron chi connectivity index (χ3n) is 2.04. The number of halogens is 1. The number of rotatable bonds is 0. The average molecular weight is 211 g/mol. The second-order valence-corrected chi connectivity index (χ2v) is 3.33. The highest BCUT2D eigenvalue weighted by Gasteiger charge is 2.11. The summed E-state index contributed by atoms with van der Waals surface area (Å²) in [6.45, 7) is 0. The summed E-state index contributed by atoms with van der Waals surface area (Å²) >= 11 is 5.65. The Morgan fingerprint density at radius 1 is 1.00 bits per heavy atom. The molecule has 2 rings (SSSR count). The third-order valence-corrected chi connectivity index (χ3v) is 2.33. The minimum absolute atomic E-state index is 0.0561. The molecule has 3 nitrogen and oxygen atoms in total. The van der Waals surface area contributed by atoms with E-state index in [0.29, 0.717) is 5.39 Å². The first-order valence-electron chi connectivity index (χ1n) is 3.93. The molecule has 0 aliphatic heterocycles. The lowest BCUT2D eigenvalue weighted by molar-refractivity contribution is 0.457. The molecule has 0 fully saturated rings. The van der Waals surface area contributed by atoms with Crippen LogP contribution in [0.4, 0.5) is 0 Å². The highest BCUT2D eigenvalue weighted by Crippen LogP contribution is 2.41. The Bertz CT molecular complexity index is 508. The van der Waals surface area contributed by atoms with Crippen molar-refractivity contribution in [2.45, 2.75) is 0 Å². The monoisotopic (exact) mass is 210 g/mol. The Morgan fingerprint density at radius 3 is 2.43 bits per heavy atom. The topological polar surface area (TPSA) is 60.7 Å². The van der Waals surface area contributed by atoms with Gasteiger partial charge < -0.3 is 15.3 Å². The summed E-state index contributed by atoms with van der Waals surface area (Å²) < 4.78 is 0. The molecule has 0 bridgehead atoms. The maximum Gasteiger partial charge on any atom is 0.142 e. The zero-order chi connectivity index (χ0) is 10.3. The van der Waals surface area contributed by atoms with E-state index in [1.165, 1.54) is 12.1 Å². The summed E-state index contributed by atoms with van der Waals surface area (Å²) in [6, 6.07) is 5.75. The molecule has 0 aliphatic rings. The normalized spacial score (nSPS) is 10.6. The van der Waals surface area contributed by atoms with Crippen LogP contribution < -0.4 is 0 Å². The van der Waals surface area contributed by atoms with Crippen molar-refractivity contribution in [2.24, 2.45) is 0 Å². The number of benzene rings is 2. The van der Waals surface area contributed by atoms with Gasteiger partial charge in [0, 0.05) is 11.5 Å². The first-order valence-corrected chi connectivity index (χ1v) is 4.31. The van der Waals surface area contributed by atoms with Crippen LogP contribution in [0.15, 0.2) is 24.3 Å². The lowest BCUT2D eigenvalue weighted by Gasteiger charge is -2.06. The van der Waals surface area contributed by atoms with Gasteiger partial charge in [0.25, 0.3) is 0 Å². The quantitative estimate of drug-likeness (QED) is 0.586. The smallest absolute Gasteiger partial charge is 0.142 e. The van der Waals surface area contributed by atoms with Gasteiger partial charge in [0.05, 0.1) is 10.4 Å². The summed E-state index contributed by atoms with van der Waals surface area (Å²) in [7, 11) is 0. The number of aromatic hydroxyl groups is 3. The van der Waals surface area contributed by atoms with Crippen molar-refractivity contribution in [2.75, 3.05) is 0 Å². The maximum atomic E-state index is 9.55. The van der Waals surface area contributed by atoms with Crippen molar-refractivity contribution in [1.29, 1.82) is 0 Å². The average Bonchev–Trinajstić information content (AvgIpc) is 2.14. The first kappa shape index (κ1) is 8.97. The van der Waals surface area contributed by atoms with Gasteiger partial charge in [-0.3, -0.25) is 0 Å². The molecule has 0 spiro atoms. The van der Waals surface area contributed by atoms with Crippen LogP contribution in [0.25, 0.3) is 10.8 Å². The zero-order valence-corrected chi connectivity index (χ0v) is 7.78. The van der Waals surface area contributed by atoms with Crippen LogP contribution in [-0.4, -0.2) is 15.3 Å². The van der Waals surface area contributed by atoms with Gasteiger partial charge in [-0.15, -0.1) is 0 Å². The minimum Gasteiger partial charge on any atom is -0.507 e. The molecule has 3 N–H and O–H groups in total. The summed E-state index contributed by atoms with van der Waals surface area (Å²) in [5, 5.41) is 29.1. The molecule has 2 aromatic rings. The van der Waals surface area contributed by atoms with E-state index in [0.717, 1.165) is 0 Å². The van der Waals surface area contributed by atoms with Gasteiger partial charge >= 0.3 is 0 Å². The van der Waals surface area contributed by atoms with E-state index in [2.05, 4.69) is 0 Å². The van der Waals surface area contributed by atoms with E-state index >= 15 is 0 Å². The summed E-state index contributed by atoms with van der Waals surface area (Å²) in [5.41, 5.74) is 0. The van der Waals surface area contributed by atoms with Crippen molar-refractivity contribution in [1.82, 2.24) is 0 Å². The SMILES string of the molecule is Oc1c(Cl)cc(O)c2c(O)cccc12. The molecule has 0 aromatic heterocycles. The fourth-order valence-corrected chi connectivity index (χ4v) is 1.60. The largest absolute Gasteiger partial charge is 0.507 e. The summed E-state index contributed by atoms with van der Waals surface area (Å²) in [6.07, 6.45) is 0. The molecule has 0 saturated carbocycles. The molecule has 0 amide bonds. The zero-order valence-electron chi connectivity index (χ0n) is 7.03. The number of hydrogen-bond acceptors (Lipinski definition) is 3. The van der Waals surface area contributed by atoms with Gasteiger partial charge in [-0.25, -0.2) is 0 Å². The molecule has 72 valence electrons. The molecule has 0 radical (unpaired) electrons. The predicted molar refractivity (Wildman–Crippen MR) is 54.0 cm³/mol. The first-order chi connectivity index (χ1) is 6.61. The van der Waals surface area contributed by atoms with Gasteiger partial charge in [-0.05, 0) is 6.07 Å². The fourth-order valence-electron chi connectivity index (χ4n) is 1.40. The Kier molecular flexibility index (Phi) is 1.89. The van der Waals surface area contributed by atoms with Crippen LogP contribution in [0.2, 0.25) is 5.02 Å². The second-order valence-electron chi connectivity index (χ2n) is 2.93. The molecule has 0 unspecified atom stereocenters. The van der Waals surface area contributed by atoms with Crippen LogP contribution in [0.5, 0.6) is 17.2 Å². The van der Waals surface area contributed by atoms with Gasteiger partial charge in [-0.1, -0.05) is 23.7 Å². The highest BCUT2D eigenvalue weighted by atomic mass is 35.5. The number of phenolic OH excluding ortho intramolecular Hbond substituents is 3. The van der Waals surface area contributed by atoms with E-state index in [4.69, 9.17) is 11.6 Å². The van der Waals surface area contributed by atoms with Crippen molar-refractivity contribution in [3.05, 3.63) is 29.3 Å². The number of fused-ring (bicyclic) bond motifs is 1. The second kappa shape index (κ2) is 2.96. The molecule has 0 atom stereocenters. The van der Waals surface area contributed by atoms with Gasteiger partial charge in [0.1, 0.15) is 17.2 Å². The summed E-state index contributed by atoms with van der Waals surface area (Å²) in [4.78, 5) is 0. The lowest BCUT2D eigenvalue weighted by Crippen LogP contribution is -1.78. The van der Waals surface area contributed by atoms with Crippen molar-refractivity contribution in [3.63, 3.8) is 0 Å². The Morgan fingerprint density at radius 2 is 1.71 bits per heavy atom. The van der Waals surface area contributed by atoms with E-state index in [9.17, 15) is 15.3 Å².